The lowest BCUT2D eigenvalue weighted by atomic mass is 9.59. The minimum Gasteiger partial charge on any atom is -0.367 e. The van der Waals surface area contributed by atoms with Crippen LogP contribution in [-0.4, -0.2) is 18.0 Å². The maximum Gasteiger partial charge on any atom is 0.164 e. The molecule has 0 aromatic carbocycles. The Morgan fingerprint density at radius 3 is 2.45 bits per heavy atom. The van der Waals surface area contributed by atoms with Crippen molar-refractivity contribution in [2.75, 3.05) is 6.61 Å². The molecule has 0 amide bonds. The largest absolute Gasteiger partial charge is 0.367 e. The van der Waals surface area contributed by atoms with Gasteiger partial charge in [0.2, 0.25) is 0 Å². The zero-order valence-corrected chi connectivity index (χ0v) is 13.6. The van der Waals surface area contributed by atoms with E-state index in [2.05, 4.69) is 20.8 Å². The number of hydrogen-bond donors (Lipinski definition) is 0. The average molecular weight is 278 g/mol. The molecule has 4 atom stereocenters. The Morgan fingerprint density at radius 1 is 1.20 bits per heavy atom. The molecule has 0 aromatic rings. The van der Waals surface area contributed by atoms with E-state index in [1.54, 1.807) is 0 Å². The number of carbonyl (C=O) groups excluding carboxylic acids is 1. The highest BCUT2D eigenvalue weighted by Gasteiger charge is 2.67. The SMILES string of the molecule is CCOC1([C@H]2C[C@@H]3CC[C@@]2(C)C3(C)C)CCCCC1=O. The summed E-state index contributed by atoms with van der Waals surface area (Å²) in [5.74, 6) is 1.63. The molecule has 0 spiro atoms. The molecular formula is C18H30O2. The lowest BCUT2D eigenvalue weighted by molar-refractivity contribution is -0.170. The van der Waals surface area contributed by atoms with E-state index in [0.29, 0.717) is 23.7 Å². The molecule has 1 unspecified atom stereocenters. The summed E-state index contributed by atoms with van der Waals surface area (Å²) in [4.78, 5) is 12.8. The molecule has 3 fully saturated rings. The van der Waals surface area contributed by atoms with E-state index in [0.717, 1.165) is 31.6 Å². The molecule has 0 N–H and O–H groups in total. The molecule has 0 radical (unpaired) electrons. The first-order valence-electron chi connectivity index (χ1n) is 8.56. The van der Waals surface area contributed by atoms with Crippen LogP contribution in [0.4, 0.5) is 0 Å². The van der Waals surface area contributed by atoms with Crippen LogP contribution in [0.1, 0.15) is 72.6 Å². The van der Waals surface area contributed by atoms with Gasteiger partial charge >= 0.3 is 0 Å². The standard InChI is InChI=1S/C18H30O2/c1-5-20-18(10-7-6-8-15(18)19)14-12-13-9-11-17(14,4)16(13,2)3/h13-14H,5-12H2,1-4H3/t13-,14-,17+,18?/m0/s1. The van der Waals surface area contributed by atoms with Gasteiger partial charge in [0.1, 0.15) is 5.60 Å². The molecule has 0 saturated heterocycles. The van der Waals surface area contributed by atoms with Gasteiger partial charge in [-0.25, -0.2) is 0 Å². The minimum absolute atomic E-state index is 0.278. The Balaban J connectivity index is 2.00. The molecule has 3 saturated carbocycles. The fraction of sp³-hybridized carbons (Fsp3) is 0.944. The molecule has 0 aromatic heterocycles. The second-order valence-electron chi connectivity index (χ2n) is 8.12. The van der Waals surface area contributed by atoms with Gasteiger partial charge in [-0.05, 0) is 62.2 Å². The second kappa shape index (κ2) is 4.56. The van der Waals surface area contributed by atoms with Crippen molar-refractivity contribution in [2.45, 2.75) is 78.2 Å². The molecule has 3 aliphatic rings. The van der Waals surface area contributed by atoms with Crippen molar-refractivity contribution in [1.82, 2.24) is 0 Å². The fourth-order valence-corrected chi connectivity index (χ4v) is 5.81. The summed E-state index contributed by atoms with van der Waals surface area (Å²) in [6.45, 7) is 10.0. The topological polar surface area (TPSA) is 26.3 Å². The predicted molar refractivity (Wildman–Crippen MR) is 80.6 cm³/mol. The predicted octanol–water partition coefficient (Wildman–Crippen LogP) is 4.37. The quantitative estimate of drug-likeness (QED) is 0.766. The first-order valence-corrected chi connectivity index (χ1v) is 8.56. The van der Waals surface area contributed by atoms with Gasteiger partial charge in [0.05, 0.1) is 0 Å². The summed E-state index contributed by atoms with van der Waals surface area (Å²) < 4.78 is 6.23. The van der Waals surface area contributed by atoms with E-state index < -0.39 is 5.60 Å². The lowest BCUT2D eigenvalue weighted by Gasteiger charge is -2.50. The first kappa shape index (κ1) is 14.6. The highest BCUT2D eigenvalue weighted by atomic mass is 16.5. The zero-order chi connectivity index (χ0) is 14.6. The van der Waals surface area contributed by atoms with Crippen molar-refractivity contribution in [3.8, 4) is 0 Å². The van der Waals surface area contributed by atoms with Gasteiger partial charge < -0.3 is 4.74 Å². The number of ketones is 1. The number of carbonyl (C=O) groups is 1. The van der Waals surface area contributed by atoms with Gasteiger partial charge in [0, 0.05) is 18.9 Å². The van der Waals surface area contributed by atoms with Crippen molar-refractivity contribution < 1.29 is 9.53 Å². The van der Waals surface area contributed by atoms with E-state index in [1.165, 1.54) is 19.3 Å². The van der Waals surface area contributed by atoms with Crippen LogP contribution >= 0.6 is 0 Å². The molecule has 3 rings (SSSR count). The van der Waals surface area contributed by atoms with Crippen LogP contribution in [0.3, 0.4) is 0 Å². The van der Waals surface area contributed by atoms with E-state index in [-0.39, 0.29) is 5.41 Å². The van der Waals surface area contributed by atoms with Gasteiger partial charge in [-0.1, -0.05) is 20.8 Å². The van der Waals surface area contributed by atoms with Crippen molar-refractivity contribution in [2.24, 2.45) is 22.7 Å². The van der Waals surface area contributed by atoms with Crippen LogP contribution in [-0.2, 0) is 9.53 Å². The minimum atomic E-state index is -0.450. The second-order valence-corrected chi connectivity index (χ2v) is 8.12. The Bertz CT molecular complexity index is 410. The molecule has 3 aliphatic carbocycles. The Hall–Kier alpha value is -0.370. The first-order chi connectivity index (χ1) is 9.38. The van der Waals surface area contributed by atoms with Gasteiger partial charge in [0.25, 0.3) is 0 Å². The number of hydrogen-bond acceptors (Lipinski definition) is 2. The van der Waals surface area contributed by atoms with Crippen LogP contribution in [0.2, 0.25) is 0 Å². The third kappa shape index (κ3) is 1.63. The molecule has 0 aliphatic heterocycles. The average Bonchev–Trinajstić information content (AvgIpc) is 2.74. The smallest absolute Gasteiger partial charge is 0.164 e. The van der Waals surface area contributed by atoms with Crippen LogP contribution in [0, 0.1) is 22.7 Å². The maximum absolute atomic E-state index is 12.8. The Labute approximate surface area is 123 Å². The van der Waals surface area contributed by atoms with E-state index in [9.17, 15) is 4.79 Å². The van der Waals surface area contributed by atoms with Gasteiger partial charge in [-0.2, -0.15) is 0 Å². The number of ether oxygens (including phenoxy) is 1. The Morgan fingerprint density at radius 2 is 1.95 bits per heavy atom. The summed E-state index contributed by atoms with van der Waals surface area (Å²) in [7, 11) is 0. The molecule has 0 heterocycles. The van der Waals surface area contributed by atoms with E-state index in [4.69, 9.17) is 4.74 Å². The fourth-order valence-electron chi connectivity index (χ4n) is 5.81. The summed E-state index contributed by atoms with van der Waals surface area (Å²) in [6.07, 6.45) is 7.73. The molecule has 2 nitrogen and oxygen atoms in total. The normalized spacial score (nSPS) is 46.9. The number of rotatable bonds is 3. The van der Waals surface area contributed by atoms with Crippen LogP contribution in [0.15, 0.2) is 0 Å². The molecule has 2 bridgehead atoms. The van der Waals surface area contributed by atoms with Crippen molar-refractivity contribution >= 4 is 5.78 Å². The maximum atomic E-state index is 12.8. The van der Waals surface area contributed by atoms with E-state index >= 15 is 0 Å². The third-order valence-corrected chi connectivity index (χ3v) is 7.43. The van der Waals surface area contributed by atoms with Crippen molar-refractivity contribution in [1.29, 1.82) is 0 Å². The molecule has 114 valence electrons. The Kier molecular flexibility index (Phi) is 3.32. The molecular weight excluding hydrogens is 248 g/mol. The summed E-state index contributed by atoms with van der Waals surface area (Å²) in [5, 5.41) is 0. The number of Topliss-reactive ketones (excluding diaryl/α,β-unsaturated/α-hetero) is 1. The third-order valence-electron chi connectivity index (χ3n) is 7.43. The van der Waals surface area contributed by atoms with Gasteiger partial charge in [-0.15, -0.1) is 0 Å². The van der Waals surface area contributed by atoms with Crippen molar-refractivity contribution in [3.63, 3.8) is 0 Å². The van der Waals surface area contributed by atoms with Gasteiger partial charge in [-0.3, -0.25) is 4.79 Å². The van der Waals surface area contributed by atoms with Crippen molar-refractivity contribution in [3.05, 3.63) is 0 Å². The monoisotopic (exact) mass is 278 g/mol. The highest BCUT2D eigenvalue weighted by molar-refractivity contribution is 5.88. The molecule has 2 heteroatoms. The van der Waals surface area contributed by atoms with Crippen LogP contribution in [0.25, 0.3) is 0 Å². The summed E-state index contributed by atoms with van der Waals surface area (Å²) >= 11 is 0. The lowest BCUT2D eigenvalue weighted by Crippen LogP contribution is -2.55. The summed E-state index contributed by atoms with van der Waals surface area (Å²) in [6, 6.07) is 0. The number of fused-ring (bicyclic) bond motifs is 2. The molecule has 20 heavy (non-hydrogen) atoms. The van der Waals surface area contributed by atoms with E-state index in [1.807, 2.05) is 6.92 Å². The van der Waals surface area contributed by atoms with Crippen LogP contribution < -0.4 is 0 Å². The highest BCUT2D eigenvalue weighted by Crippen LogP contribution is 2.71. The summed E-state index contributed by atoms with van der Waals surface area (Å²) in [5.41, 5.74) is 0.188. The van der Waals surface area contributed by atoms with Crippen LogP contribution in [0.5, 0.6) is 0 Å². The van der Waals surface area contributed by atoms with Gasteiger partial charge in [0.15, 0.2) is 5.78 Å². The zero-order valence-electron chi connectivity index (χ0n) is 13.6.